The van der Waals surface area contributed by atoms with Crippen molar-refractivity contribution in [3.63, 3.8) is 0 Å². The Kier molecular flexibility index (Phi) is 5.46. The maximum atomic E-state index is 16.0. The largest absolute Gasteiger partial charge is 0.508 e. The smallest absolute Gasteiger partial charge is 0.318 e. The fourth-order valence-electron chi connectivity index (χ4n) is 4.66. The van der Waals surface area contributed by atoms with E-state index in [2.05, 4.69) is 15.0 Å². The van der Waals surface area contributed by atoms with Gasteiger partial charge in [0, 0.05) is 24.8 Å². The van der Waals surface area contributed by atoms with Crippen molar-refractivity contribution in [1.82, 2.24) is 15.0 Å². The quantitative estimate of drug-likeness (QED) is 0.483. The van der Waals surface area contributed by atoms with Crippen LogP contribution in [0.25, 0.3) is 32.9 Å². The Morgan fingerprint density at radius 3 is 2.85 bits per heavy atom. The maximum Gasteiger partial charge on any atom is 0.318 e. The van der Waals surface area contributed by atoms with E-state index in [1.54, 1.807) is 18.3 Å². The van der Waals surface area contributed by atoms with Gasteiger partial charge in [0.25, 0.3) is 0 Å². The maximum absolute atomic E-state index is 16.0. The van der Waals surface area contributed by atoms with E-state index in [9.17, 15) is 10.2 Å². The van der Waals surface area contributed by atoms with Crippen molar-refractivity contribution in [2.24, 2.45) is 0 Å². The van der Waals surface area contributed by atoms with E-state index in [0.29, 0.717) is 29.9 Å². The molecular formula is C25H25FN4O3. The Morgan fingerprint density at radius 1 is 1.24 bits per heavy atom. The third-order valence-corrected chi connectivity index (χ3v) is 6.21. The number of aromatic nitrogens is 3. The number of phenolic OH excluding ortho intramolecular Hbond substituents is 1. The first-order chi connectivity index (χ1) is 16.0. The molecule has 2 N–H and O–H groups in total. The highest BCUT2D eigenvalue weighted by molar-refractivity contribution is 6.01. The van der Waals surface area contributed by atoms with Crippen molar-refractivity contribution in [1.29, 1.82) is 0 Å². The Labute approximate surface area is 190 Å². The van der Waals surface area contributed by atoms with E-state index in [1.165, 1.54) is 7.11 Å². The molecule has 0 amide bonds. The number of aliphatic hydroxyl groups excluding tert-OH is 1. The standard InChI is InChI=1S/C25H25FN4O3/c1-3-14-6-4-7-15-10-17(32)11-18(20(14)15)22-21(26)23-19(12-27-22)24(29-25(28-23)33-2)30-9-5-8-16(31)13-30/h4,6-7,10-12,16,31-32H,3,5,8-9,13H2,1-2H3. The molecule has 1 atom stereocenters. The van der Waals surface area contributed by atoms with E-state index in [-0.39, 0.29) is 23.0 Å². The van der Waals surface area contributed by atoms with Gasteiger partial charge >= 0.3 is 6.01 Å². The molecule has 1 saturated heterocycles. The number of aliphatic hydroxyl groups is 1. The molecule has 1 fully saturated rings. The minimum absolute atomic E-state index is 0.0373. The molecule has 0 saturated carbocycles. The van der Waals surface area contributed by atoms with Crippen LogP contribution >= 0.6 is 0 Å². The summed E-state index contributed by atoms with van der Waals surface area (Å²) in [5, 5.41) is 22.6. The number of β-amino-alcohol motifs (C(OH)–C–C–N with tert-alkyl or cyclic N) is 1. The Hall–Kier alpha value is -3.52. The summed E-state index contributed by atoms with van der Waals surface area (Å²) >= 11 is 0. The van der Waals surface area contributed by atoms with Crippen LogP contribution in [0.5, 0.6) is 11.8 Å². The summed E-state index contributed by atoms with van der Waals surface area (Å²) in [5.74, 6) is -0.0799. The van der Waals surface area contributed by atoms with Gasteiger partial charge in [-0.05, 0) is 47.7 Å². The van der Waals surface area contributed by atoms with E-state index in [4.69, 9.17) is 4.74 Å². The molecule has 7 nitrogen and oxygen atoms in total. The number of hydrogen-bond acceptors (Lipinski definition) is 7. The van der Waals surface area contributed by atoms with Crippen molar-refractivity contribution >= 4 is 27.5 Å². The Morgan fingerprint density at radius 2 is 2.09 bits per heavy atom. The number of piperidine rings is 1. The molecule has 0 bridgehead atoms. The van der Waals surface area contributed by atoms with E-state index < -0.39 is 11.9 Å². The van der Waals surface area contributed by atoms with Crippen molar-refractivity contribution in [2.75, 3.05) is 25.1 Å². The highest BCUT2D eigenvalue weighted by atomic mass is 19.1. The third-order valence-electron chi connectivity index (χ3n) is 6.21. The lowest BCUT2D eigenvalue weighted by atomic mass is 9.95. The molecule has 170 valence electrons. The molecule has 33 heavy (non-hydrogen) atoms. The van der Waals surface area contributed by atoms with Crippen LogP contribution in [0.2, 0.25) is 0 Å². The molecule has 8 heteroatoms. The number of benzene rings is 2. The number of hydrogen-bond donors (Lipinski definition) is 2. The summed E-state index contributed by atoms with van der Waals surface area (Å²) in [7, 11) is 1.44. The van der Waals surface area contributed by atoms with Crippen LogP contribution < -0.4 is 9.64 Å². The van der Waals surface area contributed by atoms with Crippen LogP contribution in [-0.2, 0) is 6.42 Å². The summed E-state index contributed by atoms with van der Waals surface area (Å²) in [4.78, 5) is 15.1. The zero-order valence-corrected chi connectivity index (χ0v) is 18.5. The number of methoxy groups -OCH3 is 1. The Balaban J connectivity index is 1.77. The van der Waals surface area contributed by atoms with Gasteiger partial charge in [-0.15, -0.1) is 0 Å². The summed E-state index contributed by atoms with van der Waals surface area (Å²) in [6.45, 7) is 3.12. The highest BCUT2D eigenvalue weighted by Crippen LogP contribution is 2.38. The fraction of sp³-hybridized carbons (Fsp3) is 0.320. The highest BCUT2D eigenvalue weighted by Gasteiger charge is 2.25. The number of halogens is 1. The SMILES string of the molecule is CCc1cccc2cc(O)cc(-c3ncc4c(N5CCCC(O)C5)nc(OC)nc4c3F)c12. The van der Waals surface area contributed by atoms with Gasteiger partial charge in [0.15, 0.2) is 5.82 Å². The van der Waals surface area contributed by atoms with Crippen molar-refractivity contribution in [2.45, 2.75) is 32.3 Å². The number of nitrogens with zero attached hydrogens (tertiary/aromatic N) is 4. The molecule has 0 radical (unpaired) electrons. The van der Waals surface area contributed by atoms with Crippen LogP contribution in [0.15, 0.2) is 36.5 Å². The van der Waals surface area contributed by atoms with Crippen LogP contribution in [-0.4, -0.2) is 51.5 Å². The molecule has 3 heterocycles. The number of pyridine rings is 1. The molecule has 0 spiro atoms. The zero-order chi connectivity index (χ0) is 23.1. The van der Waals surface area contributed by atoms with E-state index in [1.807, 2.05) is 30.0 Å². The van der Waals surface area contributed by atoms with Crippen molar-refractivity contribution in [3.05, 3.63) is 47.9 Å². The van der Waals surface area contributed by atoms with E-state index >= 15 is 4.39 Å². The zero-order valence-electron chi connectivity index (χ0n) is 18.5. The normalized spacial score (nSPS) is 16.5. The summed E-state index contributed by atoms with van der Waals surface area (Å²) in [5.41, 5.74) is 1.74. The first-order valence-corrected chi connectivity index (χ1v) is 11.1. The van der Waals surface area contributed by atoms with Crippen LogP contribution in [0.4, 0.5) is 10.2 Å². The van der Waals surface area contributed by atoms with Crippen LogP contribution in [0.3, 0.4) is 0 Å². The minimum atomic E-state index is -0.607. The molecule has 5 rings (SSSR count). The predicted octanol–water partition coefficient (Wildman–Crippen LogP) is 4.22. The monoisotopic (exact) mass is 448 g/mol. The second kappa shape index (κ2) is 8.44. The summed E-state index contributed by atoms with van der Waals surface area (Å²) in [6.07, 6.45) is 3.36. The Bertz CT molecular complexity index is 1360. The third kappa shape index (κ3) is 3.70. The van der Waals surface area contributed by atoms with Gasteiger partial charge in [-0.25, -0.2) is 4.39 Å². The average molecular weight is 448 g/mol. The second-order valence-electron chi connectivity index (χ2n) is 8.32. The summed E-state index contributed by atoms with van der Waals surface area (Å²) in [6, 6.07) is 9.06. The molecule has 1 aliphatic heterocycles. The average Bonchev–Trinajstić information content (AvgIpc) is 2.82. The van der Waals surface area contributed by atoms with Crippen LogP contribution in [0.1, 0.15) is 25.3 Å². The topological polar surface area (TPSA) is 91.6 Å². The molecule has 2 aromatic carbocycles. The number of aryl methyl sites for hydroxylation is 1. The molecule has 2 aromatic heterocycles. The number of phenols is 1. The first kappa shape index (κ1) is 21.3. The number of ether oxygens (including phenoxy) is 1. The number of fused-ring (bicyclic) bond motifs is 2. The van der Waals surface area contributed by atoms with Gasteiger partial charge < -0.3 is 19.8 Å². The predicted molar refractivity (Wildman–Crippen MR) is 125 cm³/mol. The molecular weight excluding hydrogens is 423 g/mol. The number of anilines is 1. The lowest BCUT2D eigenvalue weighted by molar-refractivity contribution is 0.154. The van der Waals surface area contributed by atoms with E-state index in [0.717, 1.165) is 35.6 Å². The minimum Gasteiger partial charge on any atom is -0.508 e. The van der Waals surface area contributed by atoms with Gasteiger partial charge in [-0.1, -0.05) is 25.1 Å². The first-order valence-electron chi connectivity index (χ1n) is 11.1. The van der Waals surface area contributed by atoms with Gasteiger partial charge in [0.1, 0.15) is 22.8 Å². The molecule has 1 unspecified atom stereocenters. The number of aromatic hydroxyl groups is 1. The molecule has 4 aromatic rings. The van der Waals surface area contributed by atoms with Gasteiger partial charge in [-0.3, -0.25) is 4.98 Å². The number of rotatable bonds is 4. The van der Waals surface area contributed by atoms with Gasteiger partial charge in [0.05, 0.1) is 18.6 Å². The van der Waals surface area contributed by atoms with Crippen molar-refractivity contribution < 1.29 is 19.3 Å². The molecule has 0 aliphatic carbocycles. The van der Waals surface area contributed by atoms with Gasteiger partial charge in [-0.2, -0.15) is 9.97 Å². The lowest BCUT2D eigenvalue weighted by Crippen LogP contribution is -2.38. The summed E-state index contributed by atoms with van der Waals surface area (Å²) < 4.78 is 21.3. The lowest BCUT2D eigenvalue weighted by Gasteiger charge is -2.31. The molecule has 1 aliphatic rings. The van der Waals surface area contributed by atoms with Crippen LogP contribution in [0, 0.1) is 5.82 Å². The van der Waals surface area contributed by atoms with Gasteiger partial charge in [0.2, 0.25) is 0 Å². The second-order valence-corrected chi connectivity index (χ2v) is 8.32. The fourth-order valence-corrected chi connectivity index (χ4v) is 4.66. The van der Waals surface area contributed by atoms with Crippen molar-refractivity contribution in [3.8, 4) is 23.0 Å².